The van der Waals surface area contributed by atoms with Crippen molar-refractivity contribution >= 4 is 45.8 Å². The molecule has 0 unspecified atom stereocenters. The first kappa shape index (κ1) is 10.6. The SMILES string of the molecule is O=C1Nc2ccc(I)cc2C1=Cc1ccco1. The average molecular weight is 337 g/mol. The largest absolute Gasteiger partial charge is 0.465 e. The summed E-state index contributed by atoms with van der Waals surface area (Å²) in [6, 6.07) is 9.50. The van der Waals surface area contributed by atoms with Crippen LogP contribution in [0.1, 0.15) is 11.3 Å². The molecule has 3 rings (SSSR count). The lowest BCUT2D eigenvalue weighted by atomic mass is 10.1. The van der Waals surface area contributed by atoms with Crippen molar-refractivity contribution in [2.45, 2.75) is 0 Å². The third kappa shape index (κ3) is 1.88. The van der Waals surface area contributed by atoms with Gasteiger partial charge in [0.1, 0.15) is 5.76 Å². The van der Waals surface area contributed by atoms with Gasteiger partial charge < -0.3 is 9.73 Å². The first-order valence-corrected chi connectivity index (χ1v) is 6.18. The zero-order valence-electron chi connectivity index (χ0n) is 8.74. The molecule has 0 bridgehead atoms. The Labute approximate surface area is 112 Å². The van der Waals surface area contributed by atoms with Crippen molar-refractivity contribution in [2.75, 3.05) is 5.32 Å². The van der Waals surface area contributed by atoms with Crippen LogP contribution in [0.2, 0.25) is 0 Å². The van der Waals surface area contributed by atoms with E-state index in [1.54, 1.807) is 18.4 Å². The highest BCUT2D eigenvalue weighted by atomic mass is 127. The molecule has 3 nitrogen and oxygen atoms in total. The van der Waals surface area contributed by atoms with Crippen LogP contribution in [0.5, 0.6) is 0 Å². The minimum absolute atomic E-state index is 0.0848. The number of rotatable bonds is 1. The highest BCUT2D eigenvalue weighted by molar-refractivity contribution is 14.1. The van der Waals surface area contributed by atoms with Gasteiger partial charge in [0.05, 0.1) is 11.8 Å². The van der Waals surface area contributed by atoms with Gasteiger partial charge in [-0.25, -0.2) is 0 Å². The molecule has 4 heteroatoms. The molecule has 2 aromatic rings. The number of anilines is 1. The number of hydrogen-bond acceptors (Lipinski definition) is 2. The minimum atomic E-state index is -0.0848. The van der Waals surface area contributed by atoms with Gasteiger partial charge in [-0.3, -0.25) is 4.79 Å². The quantitative estimate of drug-likeness (QED) is 0.640. The third-order valence-electron chi connectivity index (χ3n) is 2.59. The smallest absolute Gasteiger partial charge is 0.256 e. The lowest BCUT2D eigenvalue weighted by Gasteiger charge is -1.98. The fourth-order valence-corrected chi connectivity index (χ4v) is 2.31. The zero-order chi connectivity index (χ0) is 11.8. The maximum Gasteiger partial charge on any atom is 0.256 e. The molecule has 84 valence electrons. The van der Waals surface area contributed by atoms with E-state index in [1.165, 1.54) is 0 Å². The molecule has 1 aliphatic rings. The van der Waals surface area contributed by atoms with Crippen LogP contribution in [0.3, 0.4) is 0 Å². The molecule has 0 radical (unpaired) electrons. The summed E-state index contributed by atoms with van der Waals surface area (Å²) in [5.74, 6) is 0.597. The number of furan rings is 1. The second-order valence-corrected chi connectivity index (χ2v) is 4.96. The molecule has 0 atom stereocenters. The Morgan fingerprint density at radius 1 is 1.29 bits per heavy atom. The van der Waals surface area contributed by atoms with Crippen LogP contribution >= 0.6 is 22.6 Å². The molecule has 1 aliphatic heterocycles. The number of benzene rings is 1. The molecule has 0 saturated heterocycles. The molecule has 2 heterocycles. The van der Waals surface area contributed by atoms with Crippen LogP contribution in [-0.4, -0.2) is 5.91 Å². The monoisotopic (exact) mass is 337 g/mol. The molecule has 0 spiro atoms. The molecule has 1 aromatic carbocycles. The van der Waals surface area contributed by atoms with Crippen molar-refractivity contribution in [3.63, 3.8) is 0 Å². The van der Waals surface area contributed by atoms with Crippen molar-refractivity contribution in [1.29, 1.82) is 0 Å². The highest BCUT2D eigenvalue weighted by Crippen LogP contribution is 2.34. The predicted octanol–water partition coefficient (Wildman–Crippen LogP) is 3.38. The van der Waals surface area contributed by atoms with E-state index in [9.17, 15) is 4.79 Å². The van der Waals surface area contributed by atoms with E-state index < -0.39 is 0 Å². The predicted molar refractivity (Wildman–Crippen MR) is 74.4 cm³/mol. The Bertz CT molecular complexity index is 614. The van der Waals surface area contributed by atoms with E-state index in [1.807, 2.05) is 24.3 Å². The van der Waals surface area contributed by atoms with E-state index in [0.29, 0.717) is 11.3 Å². The number of carbonyl (C=O) groups is 1. The van der Waals surface area contributed by atoms with Crippen molar-refractivity contribution in [1.82, 2.24) is 0 Å². The molecule has 0 fully saturated rings. The van der Waals surface area contributed by atoms with Gasteiger partial charge in [0.15, 0.2) is 0 Å². The fourth-order valence-electron chi connectivity index (χ4n) is 1.82. The molecule has 17 heavy (non-hydrogen) atoms. The normalized spacial score (nSPS) is 16.1. The molecule has 1 amide bonds. The lowest BCUT2D eigenvalue weighted by molar-refractivity contribution is -0.110. The van der Waals surface area contributed by atoms with Crippen LogP contribution in [-0.2, 0) is 4.79 Å². The summed E-state index contributed by atoms with van der Waals surface area (Å²) >= 11 is 2.23. The zero-order valence-corrected chi connectivity index (χ0v) is 10.9. The van der Waals surface area contributed by atoms with Crippen LogP contribution in [0, 0.1) is 3.57 Å². The van der Waals surface area contributed by atoms with E-state index in [4.69, 9.17) is 4.42 Å². The Balaban J connectivity index is 2.13. The van der Waals surface area contributed by atoms with Crippen molar-refractivity contribution < 1.29 is 9.21 Å². The second kappa shape index (κ2) is 4.03. The number of nitrogens with one attached hydrogen (secondary N) is 1. The van der Waals surface area contributed by atoms with Crippen molar-refractivity contribution in [2.24, 2.45) is 0 Å². The first-order valence-electron chi connectivity index (χ1n) is 5.10. The summed E-state index contributed by atoms with van der Waals surface area (Å²) in [7, 11) is 0. The summed E-state index contributed by atoms with van der Waals surface area (Å²) in [6.07, 6.45) is 3.35. The number of fused-ring (bicyclic) bond motifs is 1. The molecule has 1 aromatic heterocycles. The van der Waals surface area contributed by atoms with Gasteiger partial charge in [-0.1, -0.05) is 0 Å². The third-order valence-corrected chi connectivity index (χ3v) is 3.27. The van der Waals surface area contributed by atoms with E-state index >= 15 is 0 Å². The molecular weight excluding hydrogens is 329 g/mol. The number of carbonyl (C=O) groups excluding carboxylic acids is 1. The van der Waals surface area contributed by atoms with Crippen molar-refractivity contribution in [3.05, 3.63) is 51.5 Å². The maximum atomic E-state index is 11.8. The molecule has 0 saturated carbocycles. The summed E-state index contributed by atoms with van der Waals surface area (Å²) < 4.78 is 6.33. The number of hydrogen-bond donors (Lipinski definition) is 1. The van der Waals surface area contributed by atoms with Gasteiger partial charge in [0, 0.05) is 14.8 Å². The van der Waals surface area contributed by atoms with Gasteiger partial charge >= 0.3 is 0 Å². The number of halogens is 1. The summed E-state index contributed by atoms with van der Waals surface area (Å²) in [4.78, 5) is 11.8. The lowest BCUT2D eigenvalue weighted by Crippen LogP contribution is -2.03. The van der Waals surface area contributed by atoms with Crippen molar-refractivity contribution in [3.8, 4) is 0 Å². The second-order valence-electron chi connectivity index (χ2n) is 3.72. The molecular formula is C13H8INO2. The average Bonchev–Trinajstić information content (AvgIpc) is 2.90. The van der Waals surface area contributed by atoms with E-state index in [2.05, 4.69) is 27.9 Å². The Hall–Kier alpha value is -1.56. The maximum absolute atomic E-state index is 11.8. The molecule has 1 N–H and O–H groups in total. The Morgan fingerprint density at radius 3 is 2.94 bits per heavy atom. The Morgan fingerprint density at radius 2 is 2.18 bits per heavy atom. The van der Waals surface area contributed by atoms with Crippen LogP contribution in [0.25, 0.3) is 11.6 Å². The summed E-state index contributed by atoms with van der Waals surface area (Å²) in [5.41, 5.74) is 2.43. The Kier molecular flexibility index (Phi) is 2.51. The first-order chi connectivity index (χ1) is 8.24. The minimum Gasteiger partial charge on any atom is -0.465 e. The van der Waals surface area contributed by atoms with Crippen LogP contribution in [0.15, 0.2) is 41.0 Å². The van der Waals surface area contributed by atoms with Gasteiger partial charge in [-0.2, -0.15) is 0 Å². The molecule has 0 aliphatic carbocycles. The highest BCUT2D eigenvalue weighted by Gasteiger charge is 2.24. The van der Waals surface area contributed by atoms with Crippen LogP contribution < -0.4 is 5.32 Å². The fraction of sp³-hybridized carbons (Fsp3) is 0. The van der Waals surface area contributed by atoms with Gasteiger partial charge in [0.2, 0.25) is 0 Å². The summed E-state index contributed by atoms with van der Waals surface area (Å²) in [6.45, 7) is 0. The van der Waals surface area contributed by atoms with Gasteiger partial charge in [-0.15, -0.1) is 0 Å². The summed E-state index contributed by atoms with van der Waals surface area (Å²) in [5, 5.41) is 2.83. The standard InChI is InChI=1S/C13H8INO2/c14-8-3-4-12-10(6-8)11(13(16)15-12)7-9-2-1-5-17-9/h1-7H,(H,15,16). The van der Waals surface area contributed by atoms with E-state index in [0.717, 1.165) is 14.8 Å². The van der Waals surface area contributed by atoms with E-state index in [-0.39, 0.29) is 5.91 Å². The van der Waals surface area contributed by atoms with Crippen LogP contribution in [0.4, 0.5) is 5.69 Å². The number of amides is 1. The van der Waals surface area contributed by atoms with Gasteiger partial charge in [-0.05, 0) is 59.0 Å². The topological polar surface area (TPSA) is 42.2 Å². The van der Waals surface area contributed by atoms with Gasteiger partial charge in [0.25, 0.3) is 5.91 Å².